The number of nitrogens with one attached hydrogen (secondary N) is 3. The number of carbonyl (C=O) groups excluding carboxylic acids is 2. The molecule has 2 aromatic heterocycles. The van der Waals surface area contributed by atoms with Gasteiger partial charge in [0.15, 0.2) is 23.5 Å². The maximum atomic E-state index is 13.1. The number of fused-ring (bicyclic) bond motifs is 1. The van der Waals surface area contributed by atoms with Crippen LogP contribution in [0.1, 0.15) is 98.5 Å². The molecule has 3 atom stereocenters. The van der Waals surface area contributed by atoms with Crippen molar-refractivity contribution in [3.63, 3.8) is 0 Å². The zero-order chi connectivity index (χ0) is 30.5. The van der Waals surface area contributed by atoms with Gasteiger partial charge in [-0.2, -0.15) is 4.98 Å². The number of hydroxylamine groups is 1. The average Bonchev–Trinajstić information content (AvgIpc) is 3.51. The average molecular weight is 596 g/mol. The Labute approximate surface area is 254 Å². The van der Waals surface area contributed by atoms with E-state index < -0.39 is 17.7 Å². The lowest BCUT2D eigenvalue weighted by atomic mass is 9.80. The van der Waals surface area contributed by atoms with Crippen LogP contribution in [0, 0.1) is 23.2 Å². The van der Waals surface area contributed by atoms with Gasteiger partial charge in [0.25, 0.3) is 0 Å². The summed E-state index contributed by atoms with van der Waals surface area (Å²) >= 11 is 0. The maximum Gasteiger partial charge on any atom is 0.427 e. The molecule has 6 rings (SSSR count). The fourth-order valence-electron chi connectivity index (χ4n) is 7.03. The van der Waals surface area contributed by atoms with E-state index in [2.05, 4.69) is 46.4 Å². The first-order valence-electron chi connectivity index (χ1n) is 16.3. The summed E-state index contributed by atoms with van der Waals surface area (Å²) in [6, 6.07) is 0.333. The predicted molar refractivity (Wildman–Crippen MR) is 165 cm³/mol. The Hall–Kier alpha value is -3.15. The van der Waals surface area contributed by atoms with E-state index in [4.69, 9.17) is 19.8 Å². The molecule has 3 N–H and O–H groups in total. The highest BCUT2D eigenvalue weighted by atomic mass is 16.7. The number of piperazine rings is 1. The summed E-state index contributed by atoms with van der Waals surface area (Å²) in [7, 11) is 0. The second-order valence-corrected chi connectivity index (χ2v) is 14.5. The lowest BCUT2D eigenvalue weighted by Crippen LogP contribution is -2.56. The minimum atomic E-state index is -0.657. The van der Waals surface area contributed by atoms with E-state index in [9.17, 15) is 9.59 Å². The Morgan fingerprint density at radius 3 is 2.42 bits per heavy atom. The van der Waals surface area contributed by atoms with Crippen molar-refractivity contribution in [2.24, 2.45) is 23.2 Å². The number of carbonyl (C=O) groups is 2. The van der Waals surface area contributed by atoms with Gasteiger partial charge in [-0.05, 0) is 57.3 Å². The van der Waals surface area contributed by atoms with Crippen molar-refractivity contribution in [1.82, 2.24) is 35.2 Å². The van der Waals surface area contributed by atoms with Crippen molar-refractivity contribution in [3.05, 3.63) is 5.82 Å². The lowest BCUT2D eigenvalue weighted by Gasteiger charge is -2.42. The smallest absolute Gasteiger partial charge is 0.365 e. The van der Waals surface area contributed by atoms with Crippen LogP contribution < -0.4 is 21.0 Å². The number of nitrogens with zero attached hydrogens (tertiary/aromatic N) is 6. The van der Waals surface area contributed by atoms with Crippen molar-refractivity contribution >= 4 is 34.9 Å². The number of anilines is 2. The van der Waals surface area contributed by atoms with Crippen LogP contribution in [-0.2, 0) is 16.2 Å². The molecule has 4 aliphatic rings. The van der Waals surface area contributed by atoms with Gasteiger partial charge in [-0.25, -0.2) is 14.8 Å². The van der Waals surface area contributed by atoms with Crippen LogP contribution in [0.15, 0.2) is 0 Å². The Morgan fingerprint density at radius 2 is 1.81 bits per heavy atom. The molecule has 2 saturated heterocycles. The van der Waals surface area contributed by atoms with Crippen LogP contribution in [0.5, 0.6) is 0 Å². The zero-order valence-corrected chi connectivity index (χ0v) is 26.7. The summed E-state index contributed by atoms with van der Waals surface area (Å²) in [6.45, 7) is 15.6. The van der Waals surface area contributed by atoms with Crippen LogP contribution >= 0.6 is 0 Å². The number of aromatic nitrogens is 4. The van der Waals surface area contributed by atoms with E-state index in [0.29, 0.717) is 42.9 Å². The van der Waals surface area contributed by atoms with Gasteiger partial charge in [-0.3, -0.25) is 10.1 Å². The lowest BCUT2D eigenvalue weighted by molar-refractivity contribution is -0.140. The molecule has 0 spiro atoms. The third kappa shape index (κ3) is 6.12. The summed E-state index contributed by atoms with van der Waals surface area (Å²) in [5.74, 6) is 4.15. The van der Waals surface area contributed by atoms with Gasteiger partial charge in [0, 0.05) is 43.7 Å². The van der Waals surface area contributed by atoms with Crippen molar-refractivity contribution in [2.75, 3.05) is 29.9 Å². The zero-order valence-electron chi connectivity index (χ0n) is 26.7. The highest BCUT2D eigenvalue weighted by molar-refractivity contribution is 5.87. The largest absolute Gasteiger partial charge is 0.427 e. The number of rotatable bonds is 7. The highest BCUT2D eigenvalue weighted by Gasteiger charge is 2.36. The Bertz CT molecular complexity index is 1340. The number of amides is 2. The molecule has 43 heavy (non-hydrogen) atoms. The summed E-state index contributed by atoms with van der Waals surface area (Å²) in [5, 5.41) is 6.49. The Morgan fingerprint density at radius 1 is 1.07 bits per heavy atom. The molecule has 236 valence electrons. The summed E-state index contributed by atoms with van der Waals surface area (Å²) in [6.07, 6.45) is 7.35. The number of hydrogen-bond donors (Lipinski definition) is 3. The van der Waals surface area contributed by atoms with Crippen LogP contribution in [-0.4, -0.2) is 68.1 Å². The molecule has 0 bridgehead atoms. The van der Waals surface area contributed by atoms with Gasteiger partial charge < -0.3 is 24.5 Å². The fourth-order valence-corrected chi connectivity index (χ4v) is 7.03. The molecule has 2 aliphatic heterocycles. The van der Waals surface area contributed by atoms with E-state index in [1.165, 1.54) is 44.9 Å². The van der Waals surface area contributed by atoms with Crippen molar-refractivity contribution < 1.29 is 14.4 Å². The maximum absolute atomic E-state index is 13.1. The van der Waals surface area contributed by atoms with E-state index >= 15 is 0 Å². The van der Waals surface area contributed by atoms with E-state index in [1.54, 1.807) is 0 Å². The fraction of sp³-hybridized carbons (Fsp3) is 0.774. The summed E-state index contributed by atoms with van der Waals surface area (Å²) in [4.78, 5) is 49.4. The minimum absolute atomic E-state index is 0.0870. The van der Waals surface area contributed by atoms with Crippen LogP contribution in [0.3, 0.4) is 0 Å². The third-order valence-electron chi connectivity index (χ3n) is 10.0. The molecular weight excluding hydrogens is 546 g/mol. The van der Waals surface area contributed by atoms with Crippen molar-refractivity contribution in [3.8, 4) is 0 Å². The molecule has 12 nitrogen and oxygen atoms in total. The second-order valence-electron chi connectivity index (χ2n) is 14.5. The van der Waals surface area contributed by atoms with Gasteiger partial charge >= 0.3 is 6.09 Å². The van der Waals surface area contributed by atoms with Crippen molar-refractivity contribution in [2.45, 2.75) is 111 Å². The first kappa shape index (κ1) is 29.9. The molecule has 0 radical (unpaired) electrons. The quantitative estimate of drug-likeness (QED) is 0.421. The molecule has 4 heterocycles. The van der Waals surface area contributed by atoms with Gasteiger partial charge in [-0.1, -0.05) is 47.0 Å². The van der Waals surface area contributed by atoms with Crippen LogP contribution in [0.4, 0.5) is 16.6 Å². The second kappa shape index (κ2) is 11.7. The van der Waals surface area contributed by atoms with E-state index in [0.717, 1.165) is 29.7 Å². The van der Waals surface area contributed by atoms with Crippen LogP contribution in [0.25, 0.3) is 11.2 Å². The minimum Gasteiger partial charge on any atom is -0.365 e. The monoisotopic (exact) mass is 595 g/mol. The third-order valence-corrected chi connectivity index (χ3v) is 10.0. The SMILES string of the molecule is CC1CCC(Cn2c(N3CCN(C(=O)C(C)(C)C)C[C@H]3C)nc3nc(C4NOC(=O)N4)nc(N[C@H](C)C4CCC4)c32)CC1. The standard InChI is InChI=1S/C31H49N9O3/c1-18-10-12-21(13-11-18)17-40-23-24(32-20(3)22-8-7-9-22)33-26(27-36-30(42)43-37-27)34-25(23)35-29(40)39-15-14-38(16-19(39)2)28(41)31(4,5)6/h18-22,27,37H,7-17H2,1-6H3,(H,36,42)(H,32,33,34)/t18?,19-,20-,21?,27?/m1/s1. The Kier molecular flexibility index (Phi) is 8.16. The van der Waals surface area contributed by atoms with Gasteiger partial charge in [0.1, 0.15) is 5.52 Å². The van der Waals surface area contributed by atoms with Gasteiger partial charge in [0.2, 0.25) is 11.9 Å². The van der Waals surface area contributed by atoms with Crippen LogP contribution in [0.2, 0.25) is 0 Å². The first-order chi connectivity index (χ1) is 20.5. The highest BCUT2D eigenvalue weighted by Crippen LogP contribution is 2.37. The molecule has 1 unspecified atom stereocenters. The number of hydrogen-bond acceptors (Lipinski definition) is 9. The first-order valence-corrected chi connectivity index (χ1v) is 16.3. The summed E-state index contributed by atoms with van der Waals surface area (Å²) in [5.41, 5.74) is 3.81. The Balaban J connectivity index is 1.40. The summed E-state index contributed by atoms with van der Waals surface area (Å²) < 4.78 is 2.35. The van der Waals surface area contributed by atoms with Gasteiger partial charge in [-0.15, -0.1) is 5.48 Å². The normalized spacial score (nSPS) is 27.5. The molecule has 0 aromatic carbocycles. The number of imidazole rings is 1. The molecule has 2 saturated carbocycles. The van der Waals surface area contributed by atoms with E-state index in [-0.39, 0.29) is 18.0 Å². The molecule has 2 amide bonds. The van der Waals surface area contributed by atoms with E-state index in [1.807, 2.05) is 25.7 Å². The molecular formula is C31H49N9O3. The molecule has 4 fully saturated rings. The predicted octanol–water partition coefficient (Wildman–Crippen LogP) is 4.58. The molecule has 2 aliphatic carbocycles. The molecule has 12 heteroatoms. The molecule has 2 aromatic rings. The van der Waals surface area contributed by atoms with Gasteiger partial charge in [0.05, 0.1) is 0 Å². The van der Waals surface area contributed by atoms with Crippen molar-refractivity contribution in [1.29, 1.82) is 0 Å². The topological polar surface area (TPSA) is 130 Å².